The molecular weight excluding hydrogens is 354 g/mol. The Balaban J connectivity index is 2.27. The third kappa shape index (κ3) is 3.77. The van der Waals surface area contributed by atoms with E-state index in [1.165, 1.54) is 13.3 Å². The number of rotatable bonds is 4. The summed E-state index contributed by atoms with van der Waals surface area (Å²) in [6, 6.07) is 6.77. The van der Waals surface area contributed by atoms with Crippen molar-refractivity contribution in [3.8, 4) is 5.75 Å². The van der Waals surface area contributed by atoms with Gasteiger partial charge in [0, 0.05) is 22.4 Å². The van der Waals surface area contributed by atoms with Gasteiger partial charge in [-0.15, -0.1) is 0 Å². The number of amides is 1. The van der Waals surface area contributed by atoms with Gasteiger partial charge in [0.15, 0.2) is 0 Å². The van der Waals surface area contributed by atoms with Crippen LogP contribution >= 0.6 is 28.1 Å². The minimum absolute atomic E-state index is 0.266. The van der Waals surface area contributed by atoms with Crippen molar-refractivity contribution in [3.05, 3.63) is 52.3 Å². The minimum atomic E-state index is -0.287. The van der Waals surface area contributed by atoms with E-state index in [2.05, 4.69) is 26.2 Å². The fourth-order valence-corrected chi connectivity index (χ4v) is 2.17. The maximum atomic E-state index is 12.2. The van der Waals surface area contributed by atoms with Crippen LogP contribution in [0.25, 0.3) is 0 Å². The molecule has 1 aromatic heterocycles. The topological polar surface area (TPSA) is 77.2 Å². The number of methoxy groups -OCH3 is 1. The first-order valence-corrected chi connectivity index (χ1v) is 7.11. The number of hydrogen-bond donors (Lipinski definition) is 2. The summed E-state index contributed by atoms with van der Waals surface area (Å²) < 4.78 is 5.97. The predicted molar refractivity (Wildman–Crippen MR) is 88.8 cm³/mol. The highest BCUT2D eigenvalue weighted by atomic mass is 79.9. The van der Waals surface area contributed by atoms with Crippen molar-refractivity contribution in [2.75, 3.05) is 12.4 Å². The van der Waals surface area contributed by atoms with Gasteiger partial charge in [-0.1, -0.05) is 12.2 Å². The molecule has 0 saturated carbocycles. The third-order valence-corrected chi connectivity index (χ3v) is 3.37. The number of nitrogens with two attached hydrogens (primary N) is 1. The number of carbonyl (C=O) groups excluding carboxylic acids is 1. The van der Waals surface area contributed by atoms with E-state index in [1.807, 2.05) is 0 Å². The highest BCUT2D eigenvalue weighted by Crippen LogP contribution is 2.26. The number of hydrogen-bond acceptors (Lipinski definition) is 4. The summed E-state index contributed by atoms with van der Waals surface area (Å²) in [6.07, 6.45) is 3.09. The van der Waals surface area contributed by atoms with E-state index in [1.54, 1.807) is 30.5 Å². The second-order valence-electron chi connectivity index (χ2n) is 4.13. The van der Waals surface area contributed by atoms with Gasteiger partial charge in [-0.25, -0.2) is 0 Å². The van der Waals surface area contributed by atoms with Crippen LogP contribution in [0.2, 0.25) is 0 Å². The second-order valence-corrected chi connectivity index (χ2v) is 5.48. The summed E-state index contributed by atoms with van der Waals surface area (Å²) in [4.78, 5) is 16.4. The van der Waals surface area contributed by atoms with Gasteiger partial charge in [0.1, 0.15) is 10.7 Å². The van der Waals surface area contributed by atoms with Crippen molar-refractivity contribution in [1.82, 2.24) is 4.98 Å². The number of nitrogens with zero attached hydrogens (tertiary/aromatic N) is 1. The number of benzene rings is 1. The molecule has 0 bridgehead atoms. The monoisotopic (exact) mass is 365 g/mol. The summed E-state index contributed by atoms with van der Waals surface area (Å²) in [5, 5.41) is 2.76. The molecule has 108 valence electrons. The third-order valence-electron chi connectivity index (χ3n) is 2.70. The zero-order valence-corrected chi connectivity index (χ0v) is 13.5. The largest absolute Gasteiger partial charge is 0.495 e. The van der Waals surface area contributed by atoms with Gasteiger partial charge in [-0.05, 0) is 40.2 Å². The number of ether oxygens (including phenoxy) is 1. The van der Waals surface area contributed by atoms with Gasteiger partial charge in [-0.2, -0.15) is 0 Å². The molecule has 0 aliphatic heterocycles. The fraction of sp³-hybridized carbons (Fsp3) is 0.0714. The van der Waals surface area contributed by atoms with Crippen molar-refractivity contribution >= 4 is 44.7 Å². The number of aromatic nitrogens is 1. The Morgan fingerprint density at radius 2 is 2.10 bits per heavy atom. The first kappa shape index (κ1) is 15.4. The van der Waals surface area contributed by atoms with E-state index < -0.39 is 0 Å². The van der Waals surface area contributed by atoms with Crippen LogP contribution < -0.4 is 15.8 Å². The Kier molecular flexibility index (Phi) is 4.87. The maximum absolute atomic E-state index is 12.2. The van der Waals surface area contributed by atoms with Crippen molar-refractivity contribution < 1.29 is 9.53 Å². The molecule has 0 radical (unpaired) electrons. The minimum Gasteiger partial charge on any atom is -0.495 e. The lowest BCUT2D eigenvalue weighted by Crippen LogP contribution is -2.14. The van der Waals surface area contributed by atoms with Gasteiger partial charge < -0.3 is 15.8 Å². The van der Waals surface area contributed by atoms with Crippen LogP contribution in [0.1, 0.15) is 15.9 Å². The van der Waals surface area contributed by atoms with Crippen LogP contribution in [0.3, 0.4) is 0 Å². The standard InChI is InChI=1S/C14H12BrN3O2S/c1-20-12-5-8(13(16)21)2-3-11(12)18-14(19)9-4-10(15)7-17-6-9/h2-7H,1H3,(H2,16,21)(H,18,19). The van der Waals surface area contributed by atoms with Gasteiger partial charge in [-0.3, -0.25) is 9.78 Å². The van der Waals surface area contributed by atoms with E-state index in [4.69, 9.17) is 22.7 Å². The predicted octanol–water partition coefficient (Wildman–Crippen LogP) is 2.74. The molecule has 1 aromatic carbocycles. The number of thiocarbonyl (C=S) groups is 1. The molecular formula is C14H12BrN3O2S. The van der Waals surface area contributed by atoms with E-state index in [9.17, 15) is 4.79 Å². The van der Waals surface area contributed by atoms with E-state index in [0.717, 1.165) is 4.47 Å². The fourth-order valence-electron chi connectivity index (χ4n) is 1.68. The lowest BCUT2D eigenvalue weighted by atomic mass is 10.1. The van der Waals surface area contributed by atoms with Crippen LogP contribution in [0.4, 0.5) is 5.69 Å². The van der Waals surface area contributed by atoms with Crippen LogP contribution in [-0.2, 0) is 0 Å². The number of carbonyl (C=O) groups is 1. The average Bonchev–Trinajstić information content (AvgIpc) is 2.47. The average molecular weight is 366 g/mol. The van der Waals surface area contributed by atoms with Gasteiger partial charge >= 0.3 is 0 Å². The molecule has 2 aromatic rings. The maximum Gasteiger partial charge on any atom is 0.257 e. The van der Waals surface area contributed by atoms with Crippen LogP contribution in [0, 0.1) is 0 Å². The molecule has 1 amide bonds. The summed E-state index contributed by atoms with van der Waals surface area (Å²) in [5.74, 6) is 0.196. The number of nitrogens with one attached hydrogen (secondary N) is 1. The molecule has 1 heterocycles. The number of halogens is 1. The van der Waals surface area contributed by atoms with Crippen LogP contribution in [0.15, 0.2) is 41.1 Å². The molecule has 7 heteroatoms. The van der Waals surface area contributed by atoms with Crippen molar-refractivity contribution in [2.45, 2.75) is 0 Å². The Morgan fingerprint density at radius 1 is 1.33 bits per heavy atom. The Hall–Kier alpha value is -1.99. The summed E-state index contributed by atoms with van der Waals surface area (Å²) >= 11 is 8.19. The highest BCUT2D eigenvalue weighted by Gasteiger charge is 2.11. The highest BCUT2D eigenvalue weighted by molar-refractivity contribution is 9.10. The normalized spacial score (nSPS) is 10.0. The molecule has 0 fully saturated rings. The second kappa shape index (κ2) is 6.64. The molecule has 3 N–H and O–H groups in total. The molecule has 21 heavy (non-hydrogen) atoms. The number of pyridine rings is 1. The van der Waals surface area contributed by atoms with Crippen LogP contribution in [0.5, 0.6) is 5.75 Å². The lowest BCUT2D eigenvalue weighted by Gasteiger charge is -2.11. The van der Waals surface area contributed by atoms with Crippen LogP contribution in [-0.4, -0.2) is 23.0 Å². The van der Waals surface area contributed by atoms with E-state index in [-0.39, 0.29) is 10.9 Å². The van der Waals surface area contributed by atoms with Gasteiger partial charge in [0.25, 0.3) is 5.91 Å². The quantitative estimate of drug-likeness (QED) is 0.814. The SMILES string of the molecule is COc1cc(C(N)=S)ccc1NC(=O)c1cncc(Br)c1. The van der Waals surface area contributed by atoms with Crippen molar-refractivity contribution in [2.24, 2.45) is 5.73 Å². The molecule has 0 aliphatic rings. The molecule has 0 spiro atoms. The smallest absolute Gasteiger partial charge is 0.257 e. The van der Waals surface area contributed by atoms with E-state index >= 15 is 0 Å². The number of anilines is 1. The zero-order valence-electron chi connectivity index (χ0n) is 11.1. The summed E-state index contributed by atoms with van der Waals surface area (Å²) in [5.41, 5.74) is 7.21. The Morgan fingerprint density at radius 3 is 2.71 bits per heavy atom. The Labute approximate surface area is 135 Å². The Bertz CT molecular complexity index is 706. The molecule has 0 atom stereocenters. The van der Waals surface area contributed by atoms with Gasteiger partial charge in [0.2, 0.25) is 0 Å². The molecule has 0 aliphatic carbocycles. The summed E-state index contributed by atoms with van der Waals surface area (Å²) in [7, 11) is 1.51. The van der Waals surface area contributed by atoms with Crippen molar-refractivity contribution in [3.63, 3.8) is 0 Å². The lowest BCUT2D eigenvalue weighted by molar-refractivity contribution is 0.102. The zero-order chi connectivity index (χ0) is 15.4. The molecule has 0 unspecified atom stereocenters. The van der Waals surface area contributed by atoms with Crippen molar-refractivity contribution in [1.29, 1.82) is 0 Å². The molecule has 5 nitrogen and oxygen atoms in total. The molecule has 0 saturated heterocycles. The first-order valence-electron chi connectivity index (χ1n) is 5.91. The molecule has 2 rings (SSSR count). The summed E-state index contributed by atoms with van der Waals surface area (Å²) in [6.45, 7) is 0. The van der Waals surface area contributed by atoms with E-state index in [0.29, 0.717) is 22.6 Å². The van der Waals surface area contributed by atoms with Gasteiger partial charge in [0.05, 0.1) is 18.4 Å². The first-order chi connectivity index (χ1) is 10.0.